The van der Waals surface area contributed by atoms with E-state index in [0.29, 0.717) is 16.7 Å². The van der Waals surface area contributed by atoms with Gasteiger partial charge in [0.25, 0.3) is 0 Å². The second kappa shape index (κ2) is 8.47. The number of anilines is 1. The molecule has 7 heteroatoms. The highest BCUT2D eigenvalue weighted by Gasteiger charge is 2.38. The summed E-state index contributed by atoms with van der Waals surface area (Å²) in [5, 5.41) is 5.82. The number of nitrogens with one attached hydrogen (secondary N) is 2. The number of nitrogens with zero attached hydrogens (tertiary/aromatic N) is 1. The predicted molar refractivity (Wildman–Crippen MR) is 99.3 cm³/mol. The van der Waals surface area contributed by atoms with Gasteiger partial charge in [0, 0.05) is 29.6 Å². The number of benzene rings is 1. The van der Waals surface area contributed by atoms with E-state index in [0.717, 1.165) is 39.1 Å². The number of carbonyl (C=O) groups is 1. The lowest BCUT2D eigenvalue weighted by Crippen LogP contribution is -2.60. The van der Waals surface area contributed by atoms with Gasteiger partial charge in [-0.25, -0.2) is 9.18 Å². The predicted octanol–water partition coefficient (Wildman–Crippen LogP) is 3.74. The van der Waals surface area contributed by atoms with Crippen molar-refractivity contribution in [2.75, 3.05) is 38.2 Å². The van der Waals surface area contributed by atoms with E-state index in [-0.39, 0.29) is 17.4 Å². The fraction of sp³-hybridized carbons (Fsp3) is 0.611. The third-order valence-corrected chi connectivity index (χ3v) is 5.88. The van der Waals surface area contributed by atoms with E-state index in [1.807, 2.05) is 0 Å². The summed E-state index contributed by atoms with van der Waals surface area (Å²) in [6, 6.07) is 3.96. The summed E-state index contributed by atoms with van der Waals surface area (Å²) in [5.74, 6) is -0.341. The lowest BCUT2D eigenvalue weighted by Gasteiger charge is -2.48. The Kier molecular flexibility index (Phi) is 6.30. The van der Waals surface area contributed by atoms with Crippen LogP contribution in [0.15, 0.2) is 22.7 Å². The maximum atomic E-state index is 13.2. The molecule has 0 spiro atoms. The van der Waals surface area contributed by atoms with Gasteiger partial charge in [0.05, 0.1) is 18.9 Å². The first kappa shape index (κ1) is 18.6. The lowest BCUT2D eigenvalue weighted by atomic mass is 9.80. The van der Waals surface area contributed by atoms with Crippen molar-refractivity contribution in [1.82, 2.24) is 10.2 Å². The molecule has 2 fully saturated rings. The number of hydrogen-bond acceptors (Lipinski definition) is 3. The summed E-state index contributed by atoms with van der Waals surface area (Å²) in [6.45, 7) is 3.99. The van der Waals surface area contributed by atoms with Gasteiger partial charge in [-0.15, -0.1) is 0 Å². The first-order valence-electron chi connectivity index (χ1n) is 8.92. The van der Waals surface area contributed by atoms with Crippen molar-refractivity contribution in [3.63, 3.8) is 0 Å². The Morgan fingerprint density at radius 3 is 2.64 bits per heavy atom. The van der Waals surface area contributed by atoms with Crippen molar-refractivity contribution in [3.8, 4) is 0 Å². The van der Waals surface area contributed by atoms with Gasteiger partial charge in [-0.1, -0.05) is 19.3 Å². The van der Waals surface area contributed by atoms with E-state index in [1.165, 1.54) is 31.4 Å². The zero-order valence-electron chi connectivity index (χ0n) is 14.3. The summed E-state index contributed by atoms with van der Waals surface area (Å²) in [5.41, 5.74) is 0.585. The topological polar surface area (TPSA) is 53.6 Å². The largest absolute Gasteiger partial charge is 0.379 e. The van der Waals surface area contributed by atoms with Gasteiger partial charge in [0.15, 0.2) is 0 Å². The minimum atomic E-state index is -0.341. The summed E-state index contributed by atoms with van der Waals surface area (Å²) >= 11 is 3.27. The molecule has 1 saturated carbocycles. The smallest absolute Gasteiger partial charge is 0.319 e. The Bertz CT molecular complexity index is 602. The molecule has 1 aromatic carbocycles. The monoisotopic (exact) mass is 413 g/mol. The maximum Gasteiger partial charge on any atom is 0.319 e. The standard InChI is InChI=1S/C18H25BrFN3O2/c19-15-12-14(20)4-5-16(15)22-17(24)21-13-18(6-2-1-3-7-18)23-8-10-25-11-9-23/h4-5,12H,1-3,6-11,13H2,(H2,21,22,24). The fourth-order valence-corrected chi connectivity index (χ4v) is 4.30. The summed E-state index contributed by atoms with van der Waals surface area (Å²) in [6.07, 6.45) is 5.87. The second-order valence-corrected chi connectivity index (χ2v) is 7.67. The Balaban J connectivity index is 1.61. The molecule has 1 aromatic rings. The Morgan fingerprint density at radius 2 is 1.96 bits per heavy atom. The zero-order chi connectivity index (χ0) is 17.7. The average molecular weight is 414 g/mol. The number of carbonyl (C=O) groups excluding carboxylic acids is 1. The second-order valence-electron chi connectivity index (χ2n) is 6.82. The molecule has 0 unspecified atom stereocenters. The molecule has 0 aromatic heterocycles. The van der Waals surface area contributed by atoms with E-state index >= 15 is 0 Å². The van der Waals surface area contributed by atoms with Crippen molar-refractivity contribution < 1.29 is 13.9 Å². The molecule has 0 atom stereocenters. The molecule has 5 nitrogen and oxygen atoms in total. The van der Waals surface area contributed by atoms with Gasteiger partial charge in [-0.3, -0.25) is 4.90 Å². The van der Waals surface area contributed by atoms with E-state index in [2.05, 4.69) is 31.5 Å². The van der Waals surface area contributed by atoms with Crippen LogP contribution in [0.1, 0.15) is 32.1 Å². The van der Waals surface area contributed by atoms with E-state index < -0.39 is 0 Å². The maximum absolute atomic E-state index is 13.2. The molecule has 0 radical (unpaired) electrons. The van der Waals surface area contributed by atoms with E-state index in [4.69, 9.17) is 4.74 Å². The molecule has 0 bridgehead atoms. The van der Waals surface area contributed by atoms with Crippen LogP contribution in [0.4, 0.5) is 14.9 Å². The molecule has 1 saturated heterocycles. The number of ether oxygens (including phenoxy) is 1. The molecule has 2 N–H and O–H groups in total. The molecule has 1 heterocycles. The van der Waals surface area contributed by atoms with Crippen LogP contribution in [0.5, 0.6) is 0 Å². The van der Waals surface area contributed by atoms with Crippen LogP contribution < -0.4 is 10.6 Å². The minimum Gasteiger partial charge on any atom is -0.379 e. The normalized spacial score (nSPS) is 20.9. The lowest BCUT2D eigenvalue weighted by molar-refractivity contribution is -0.0356. The highest BCUT2D eigenvalue weighted by Crippen LogP contribution is 2.34. The molecule has 138 valence electrons. The number of morpholine rings is 1. The minimum absolute atomic E-state index is 0.0272. The molecule has 1 aliphatic heterocycles. The highest BCUT2D eigenvalue weighted by atomic mass is 79.9. The van der Waals surface area contributed by atoms with Crippen LogP contribution >= 0.6 is 15.9 Å². The van der Waals surface area contributed by atoms with Crippen LogP contribution in [0.3, 0.4) is 0 Å². The molecule has 1 aliphatic carbocycles. The van der Waals surface area contributed by atoms with E-state index in [1.54, 1.807) is 6.07 Å². The van der Waals surface area contributed by atoms with Crippen molar-refractivity contribution >= 4 is 27.6 Å². The number of amides is 2. The van der Waals surface area contributed by atoms with Crippen molar-refractivity contribution in [2.24, 2.45) is 0 Å². The van der Waals surface area contributed by atoms with E-state index in [9.17, 15) is 9.18 Å². The molecular weight excluding hydrogens is 389 g/mol. The van der Waals surface area contributed by atoms with Gasteiger partial charge < -0.3 is 15.4 Å². The van der Waals surface area contributed by atoms with Crippen LogP contribution in [-0.2, 0) is 4.74 Å². The van der Waals surface area contributed by atoms with Gasteiger partial charge in [-0.05, 0) is 47.0 Å². The van der Waals surface area contributed by atoms with Crippen LogP contribution in [0, 0.1) is 5.82 Å². The van der Waals surface area contributed by atoms with Gasteiger partial charge >= 0.3 is 6.03 Å². The summed E-state index contributed by atoms with van der Waals surface area (Å²) < 4.78 is 19.2. The fourth-order valence-electron chi connectivity index (χ4n) is 3.85. The quantitative estimate of drug-likeness (QED) is 0.789. The first-order chi connectivity index (χ1) is 12.1. The number of hydrogen-bond donors (Lipinski definition) is 2. The number of rotatable bonds is 4. The third-order valence-electron chi connectivity index (χ3n) is 5.22. The summed E-state index contributed by atoms with van der Waals surface area (Å²) in [4.78, 5) is 14.8. The third kappa shape index (κ3) is 4.71. The number of halogens is 2. The molecular formula is C18H25BrFN3O2. The Hall–Kier alpha value is -1.18. The Labute approximate surface area is 156 Å². The van der Waals surface area contributed by atoms with Crippen LogP contribution in [0.25, 0.3) is 0 Å². The zero-order valence-corrected chi connectivity index (χ0v) is 15.9. The summed E-state index contributed by atoms with van der Waals surface area (Å²) in [7, 11) is 0. The molecule has 2 aliphatic rings. The first-order valence-corrected chi connectivity index (χ1v) is 9.71. The van der Waals surface area contributed by atoms with Crippen molar-refractivity contribution in [1.29, 1.82) is 0 Å². The molecule has 2 amide bonds. The van der Waals surface area contributed by atoms with Gasteiger partial charge in [-0.2, -0.15) is 0 Å². The Morgan fingerprint density at radius 1 is 1.24 bits per heavy atom. The molecule has 25 heavy (non-hydrogen) atoms. The van der Waals surface area contributed by atoms with Crippen LogP contribution in [-0.4, -0.2) is 49.3 Å². The van der Waals surface area contributed by atoms with Crippen molar-refractivity contribution in [3.05, 3.63) is 28.5 Å². The SMILES string of the molecule is O=C(NCC1(N2CCOCC2)CCCCC1)Nc1ccc(F)cc1Br. The van der Waals surface area contributed by atoms with Crippen LogP contribution in [0.2, 0.25) is 0 Å². The number of urea groups is 1. The van der Waals surface area contributed by atoms with Gasteiger partial charge in [0.1, 0.15) is 5.82 Å². The molecule has 3 rings (SSSR count). The highest BCUT2D eigenvalue weighted by molar-refractivity contribution is 9.10. The van der Waals surface area contributed by atoms with Crippen molar-refractivity contribution in [2.45, 2.75) is 37.6 Å². The van der Waals surface area contributed by atoms with Gasteiger partial charge in [0.2, 0.25) is 0 Å². The average Bonchev–Trinajstić information content (AvgIpc) is 2.64.